The van der Waals surface area contributed by atoms with Crippen LogP contribution in [0.5, 0.6) is 11.5 Å². The number of hydrogen-bond acceptors (Lipinski definition) is 4. The third-order valence-electron chi connectivity index (χ3n) is 2.91. The Labute approximate surface area is 114 Å². The summed E-state index contributed by atoms with van der Waals surface area (Å²) in [6.45, 7) is 2.62. The van der Waals surface area contributed by atoms with Crippen LogP contribution in [-0.2, 0) is 11.2 Å². The summed E-state index contributed by atoms with van der Waals surface area (Å²) in [7, 11) is 5.03. The fraction of sp³-hybridized carbons (Fsp3) is 0.500. The number of hydrogen-bond donors (Lipinski definition) is 2. The highest BCUT2D eigenvalue weighted by Gasteiger charge is 2.08. The van der Waals surface area contributed by atoms with Crippen molar-refractivity contribution in [1.82, 2.24) is 10.6 Å². The molecule has 0 bridgehead atoms. The molecule has 0 spiro atoms. The van der Waals surface area contributed by atoms with Gasteiger partial charge >= 0.3 is 0 Å². The SMILES string of the molecule is CNC(C)CNC(=O)Cc1ccc(OC)c(OC)c1. The molecule has 0 aliphatic rings. The van der Waals surface area contributed by atoms with Crippen LogP contribution in [0.2, 0.25) is 0 Å². The van der Waals surface area contributed by atoms with Gasteiger partial charge in [0.2, 0.25) is 5.91 Å². The van der Waals surface area contributed by atoms with Crippen molar-refractivity contribution in [2.24, 2.45) is 0 Å². The van der Waals surface area contributed by atoms with Gasteiger partial charge in [0.1, 0.15) is 0 Å². The Hall–Kier alpha value is -1.75. The monoisotopic (exact) mass is 266 g/mol. The van der Waals surface area contributed by atoms with E-state index in [4.69, 9.17) is 9.47 Å². The molecule has 0 saturated carbocycles. The van der Waals surface area contributed by atoms with Crippen molar-refractivity contribution in [1.29, 1.82) is 0 Å². The summed E-state index contributed by atoms with van der Waals surface area (Å²) >= 11 is 0. The molecule has 0 heterocycles. The van der Waals surface area contributed by atoms with E-state index >= 15 is 0 Å². The van der Waals surface area contributed by atoms with Crippen LogP contribution < -0.4 is 20.1 Å². The highest BCUT2D eigenvalue weighted by atomic mass is 16.5. The molecule has 0 aromatic heterocycles. The molecule has 19 heavy (non-hydrogen) atoms. The minimum Gasteiger partial charge on any atom is -0.493 e. The van der Waals surface area contributed by atoms with E-state index in [0.717, 1.165) is 5.56 Å². The first-order valence-electron chi connectivity index (χ1n) is 6.25. The van der Waals surface area contributed by atoms with Crippen molar-refractivity contribution in [3.8, 4) is 11.5 Å². The maximum absolute atomic E-state index is 11.8. The zero-order valence-corrected chi connectivity index (χ0v) is 11.9. The summed E-state index contributed by atoms with van der Waals surface area (Å²) in [4.78, 5) is 11.8. The molecule has 5 heteroatoms. The largest absolute Gasteiger partial charge is 0.493 e. The van der Waals surface area contributed by atoms with Crippen LogP contribution in [0.4, 0.5) is 0 Å². The number of carbonyl (C=O) groups excluding carboxylic acids is 1. The number of benzene rings is 1. The summed E-state index contributed by atoms with van der Waals surface area (Å²) < 4.78 is 10.4. The molecule has 0 aliphatic carbocycles. The molecule has 5 nitrogen and oxygen atoms in total. The second-order valence-corrected chi connectivity index (χ2v) is 4.36. The number of ether oxygens (including phenoxy) is 2. The van der Waals surface area contributed by atoms with Crippen LogP contribution in [-0.4, -0.2) is 39.8 Å². The summed E-state index contributed by atoms with van der Waals surface area (Å²) in [5.41, 5.74) is 0.896. The molecule has 0 radical (unpaired) electrons. The Balaban J connectivity index is 2.59. The van der Waals surface area contributed by atoms with Gasteiger partial charge in [0, 0.05) is 12.6 Å². The van der Waals surface area contributed by atoms with Gasteiger partial charge in [-0.1, -0.05) is 6.07 Å². The molecule has 1 amide bonds. The third kappa shape index (κ3) is 4.79. The van der Waals surface area contributed by atoms with Gasteiger partial charge < -0.3 is 20.1 Å². The predicted octanol–water partition coefficient (Wildman–Crippen LogP) is 0.970. The number of nitrogens with one attached hydrogen (secondary N) is 2. The maximum atomic E-state index is 11.8. The Morgan fingerprint density at radius 2 is 1.95 bits per heavy atom. The van der Waals surface area contributed by atoms with Gasteiger partial charge in [0.25, 0.3) is 0 Å². The first-order chi connectivity index (χ1) is 9.10. The zero-order chi connectivity index (χ0) is 14.3. The summed E-state index contributed by atoms with van der Waals surface area (Å²) in [5, 5.41) is 5.94. The van der Waals surface area contributed by atoms with E-state index in [1.54, 1.807) is 20.3 Å². The summed E-state index contributed by atoms with van der Waals surface area (Å²) in [6.07, 6.45) is 0.330. The van der Waals surface area contributed by atoms with E-state index in [0.29, 0.717) is 24.5 Å². The molecular weight excluding hydrogens is 244 g/mol. The number of likely N-dealkylation sites (N-methyl/N-ethyl adjacent to an activating group) is 1. The minimum absolute atomic E-state index is 0.00526. The topological polar surface area (TPSA) is 59.6 Å². The van der Waals surface area contributed by atoms with Crippen molar-refractivity contribution in [3.63, 3.8) is 0 Å². The molecule has 0 saturated heterocycles. The highest BCUT2D eigenvalue weighted by molar-refractivity contribution is 5.78. The van der Waals surface area contributed by atoms with Crippen molar-refractivity contribution in [2.45, 2.75) is 19.4 Å². The number of rotatable bonds is 7. The number of carbonyl (C=O) groups is 1. The van der Waals surface area contributed by atoms with Crippen LogP contribution in [0.3, 0.4) is 0 Å². The summed E-state index contributed by atoms with van der Waals surface area (Å²) in [6, 6.07) is 5.74. The van der Waals surface area contributed by atoms with Crippen LogP contribution >= 0.6 is 0 Å². The Bertz CT molecular complexity index is 421. The number of amides is 1. The minimum atomic E-state index is -0.00526. The van der Waals surface area contributed by atoms with Gasteiger partial charge in [0.05, 0.1) is 20.6 Å². The van der Waals surface area contributed by atoms with Crippen LogP contribution in [0.1, 0.15) is 12.5 Å². The van der Waals surface area contributed by atoms with Gasteiger partial charge in [-0.3, -0.25) is 4.79 Å². The van der Waals surface area contributed by atoms with Crippen LogP contribution in [0.15, 0.2) is 18.2 Å². The lowest BCUT2D eigenvalue weighted by Crippen LogP contribution is -2.37. The second kappa shape index (κ2) is 7.63. The molecule has 1 unspecified atom stereocenters. The molecule has 1 aromatic carbocycles. The highest BCUT2D eigenvalue weighted by Crippen LogP contribution is 2.27. The lowest BCUT2D eigenvalue weighted by molar-refractivity contribution is -0.120. The Morgan fingerprint density at radius 3 is 2.53 bits per heavy atom. The van der Waals surface area contributed by atoms with Gasteiger partial charge in [-0.05, 0) is 31.7 Å². The molecule has 1 aromatic rings. The van der Waals surface area contributed by atoms with Crippen molar-refractivity contribution in [3.05, 3.63) is 23.8 Å². The Kier molecular flexibility index (Phi) is 6.15. The predicted molar refractivity (Wildman–Crippen MR) is 74.8 cm³/mol. The van der Waals surface area contributed by atoms with Crippen LogP contribution in [0.25, 0.3) is 0 Å². The quantitative estimate of drug-likeness (QED) is 0.772. The lowest BCUT2D eigenvalue weighted by Gasteiger charge is -2.12. The molecule has 0 aliphatic heterocycles. The van der Waals surface area contributed by atoms with Gasteiger partial charge in [0.15, 0.2) is 11.5 Å². The average molecular weight is 266 g/mol. The maximum Gasteiger partial charge on any atom is 0.224 e. The zero-order valence-electron chi connectivity index (χ0n) is 11.9. The molecule has 1 rings (SSSR count). The first-order valence-corrected chi connectivity index (χ1v) is 6.25. The van der Waals surface area contributed by atoms with E-state index < -0.39 is 0 Å². The third-order valence-corrected chi connectivity index (χ3v) is 2.91. The molecule has 0 fully saturated rings. The normalized spacial score (nSPS) is 11.8. The van der Waals surface area contributed by atoms with E-state index in [1.807, 2.05) is 26.1 Å². The molecule has 1 atom stereocenters. The van der Waals surface area contributed by atoms with Crippen molar-refractivity contribution in [2.75, 3.05) is 27.8 Å². The molecule has 106 valence electrons. The standard InChI is InChI=1S/C14H22N2O3/c1-10(15-2)9-16-14(17)8-11-5-6-12(18-3)13(7-11)19-4/h5-7,10,15H,8-9H2,1-4H3,(H,16,17). The summed E-state index contributed by atoms with van der Waals surface area (Å²) in [5.74, 6) is 1.29. The second-order valence-electron chi connectivity index (χ2n) is 4.36. The molecule has 2 N–H and O–H groups in total. The van der Waals surface area contributed by atoms with Gasteiger partial charge in [-0.2, -0.15) is 0 Å². The fourth-order valence-corrected chi connectivity index (χ4v) is 1.61. The lowest BCUT2D eigenvalue weighted by atomic mass is 10.1. The van der Waals surface area contributed by atoms with E-state index in [2.05, 4.69) is 10.6 Å². The average Bonchev–Trinajstić information content (AvgIpc) is 2.44. The Morgan fingerprint density at radius 1 is 1.26 bits per heavy atom. The fourth-order valence-electron chi connectivity index (χ4n) is 1.61. The van der Waals surface area contributed by atoms with E-state index in [9.17, 15) is 4.79 Å². The van der Waals surface area contributed by atoms with Crippen molar-refractivity contribution < 1.29 is 14.3 Å². The van der Waals surface area contributed by atoms with Crippen molar-refractivity contribution >= 4 is 5.91 Å². The van der Waals surface area contributed by atoms with E-state index in [1.165, 1.54) is 0 Å². The first kappa shape index (κ1) is 15.3. The van der Waals surface area contributed by atoms with E-state index in [-0.39, 0.29) is 11.9 Å². The smallest absolute Gasteiger partial charge is 0.224 e. The molecular formula is C14H22N2O3. The number of methoxy groups -OCH3 is 2. The van der Waals surface area contributed by atoms with Gasteiger partial charge in [-0.25, -0.2) is 0 Å². The van der Waals surface area contributed by atoms with Gasteiger partial charge in [-0.15, -0.1) is 0 Å². The van der Waals surface area contributed by atoms with Crippen LogP contribution in [0, 0.1) is 0 Å².